The molecule has 1 aromatic carbocycles. The minimum absolute atomic E-state index is 0.00883. The molecule has 1 fully saturated rings. The Morgan fingerprint density at radius 1 is 1.12 bits per heavy atom. The lowest BCUT2D eigenvalue weighted by molar-refractivity contribution is -0.144. The molecule has 1 saturated heterocycles. The van der Waals surface area contributed by atoms with Gasteiger partial charge >= 0.3 is 0 Å². The highest BCUT2D eigenvalue weighted by molar-refractivity contribution is 6.05. The van der Waals surface area contributed by atoms with Crippen molar-refractivity contribution in [3.63, 3.8) is 0 Å². The largest absolute Gasteiger partial charge is 0.354 e. The van der Waals surface area contributed by atoms with Crippen molar-refractivity contribution in [3.05, 3.63) is 47.5 Å². The highest BCUT2D eigenvalue weighted by Gasteiger charge is 2.47. The van der Waals surface area contributed by atoms with E-state index in [9.17, 15) is 19.2 Å². The van der Waals surface area contributed by atoms with Crippen LogP contribution in [0.3, 0.4) is 0 Å². The number of benzene rings is 1. The van der Waals surface area contributed by atoms with Gasteiger partial charge in [-0.3, -0.25) is 24.1 Å². The summed E-state index contributed by atoms with van der Waals surface area (Å²) in [5, 5.41) is 2.95. The molecular weight excluding hydrogens is 430 g/mol. The van der Waals surface area contributed by atoms with Gasteiger partial charge in [0.2, 0.25) is 23.6 Å². The molecule has 0 spiro atoms. The van der Waals surface area contributed by atoms with Crippen LogP contribution in [0.2, 0.25) is 0 Å². The molecule has 0 saturated carbocycles. The topological polar surface area (TPSA) is 86.8 Å². The number of carbonyl (C=O) groups excluding carboxylic acids is 4. The van der Waals surface area contributed by atoms with Crippen LogP contribution in [0.4, 0.5) is 0 Å². The number of hydrogen-bond donors (Lipinski definition) is 1. The van der Waals surface area contributed by atoms with E-state index in [-0.39, 0.29) is 48.4 Å². The SMILES string of the molecule is CCCCNC(=O)[C@H](CC)N(Cc1cccc(C)c1)C(=O)CCN1C(=O)[C@H]2CC=CC[C@H]2C1=O. The van der Waals surface area contributed by atoms with Gasteiger partial charge in [0.05, 0.1) is 11.8 Å². The molecule has 0 aromatic heterocycles. The van der Waals surface area contributed by atoms with Gasteiger partial charge in [-0.15, -0.1) is 0 Å². The number of hydrogen-bond acceptors (Lipinski definition) is 4. The Labute approximate surface area is 202 Å². The molecule has 0 radical (unpaired) electrons. The van der Waals surface area contributed by atoms with Crippen molar-refractivity contribution in [2.45, 2.75) is 71.9 Å². The molecule has 1 aliphatic carbocycles. The first-order chi connectivity index (χ1) is 16.4. The minimum atomic E-state index is -0.610. The number of unbranched alkanes of at least 4 members (excludes halogenated alkanes) is 1. The maximum absolute atomic E-state index is 13.4. The van der Waals surface area contributed by atoms with E-state index in [1.807, 2.05) is 50.3 Å². The number of allylic oxidation sites excluding steroid dienone is 2. The Kier molecular flexibility index (Phi) is 9.02. The molecule has 1 aliphatic heterocycles. The highest BCUT2D eigenvalue weighted by Crippen LogP contribution is 2.35. The first-order valence-corrected chi connectivity index (χ1v) is 12.5. The lowest BCUT2D eigenvalue weighted by Crippen LogP contribution is -2.49. The fourth-order valence-corrected chi connectivity index (χ4v) is 4.87. The molecule has 2 aliphatic rings. The number of nitrogens with one attached hydrogen (secondary N) is 1. The molecule has 1 aromatic rings. The van der Waals surface area contributed by atoms with E-state index in [2.05, 4.69) is 12.2 Å². The number of likely N-dealkylation sites (tertiary alicyclic amines) is 1. The van der Waals surface area contributed by atoms with Crippen LogP contribution in [0.25, 0.3) is 0 Å². The van der Waals surface area contributed by atoms with Crippen LogP contribution in [0, 0.1) is 18.8 Å². The van der Waals surface area contributed by atoms with E-state index >= 15 is 0 Å². The molecule has 0 unspecified atom stereocenters. The number of amides is 4. The van der Waals surface area contributed by atoms with Crippen molar-refractivity contribution in [2.24, 2.45) is 11.8 Å². The summed E-state index contributed by atoms with van der Waals surface area (Å²) >= 11 is 0. The lowest BCUT2D eigenvalue weighted by atomic mass is 9.85. The average Bonchev–Trinajstić information content (AvgIpc) is 3.07. The fraction of sp³-hybridized carbons (Fsp3) is 0.556. The molecule has 7 nitrogen and oxygen atoms in total. The first-order valence-electron chi connectivity index (χ1n) is 12.5. The average molecular weight is 468 g/mol. The van der Waals surface area contributed by atoms with Gasteiger partial charge in [-0.05, 0) is 38.2 Å². The number of imide groups is 1. The highest BCUT2D eigenvalue weighted by atomic mass is 16.2. The summed E-state index contributed by atoms with van der Waals surface area (Å²) in [4.78, 5) is 54.8. The molecule has 0 bridgehead atoms. The van der Waals surface area contributed by atoms with Crippen molar-refractivity contribution in [1.29, 1.82) is 0 Å². The van der Waals surface area contributed by atoms with Gasteiger partial charge in [0, 0.05) is 26.1 Å². The smallest absolute Gasteiger partial charge is 0.242 e. The third-order valence-electron chi connectivity index (χ3n) is 6.80. The van der Waals surface area contributed by atoms with Crippen molar-refractivity contribution < 1.29 is 19.2 Å². The Morgan fingerprint density at radius 3 is 2.38 bits per heavy atom. The van der Waals surface area contributed by atoms with E-state index < -0.39 is 6.04 Å². The Bertz CT molecular complexity index is 916. The van der Waals surface area contributed by atoms with Crippen LogP contribution in [0.1, 0.15) is 63.5 Å². The normalized spacial score (nSPS) is 20.3. The zero-order valence-electron chi connectivity index (χ0n) is 20.6. The summed E-state index contributed by atoms with van der Waals surface area (Å²) in [5.74, 6) is -1.36. The molecule has 7 heteroatoms. The van der Waals surface area contributed by atoms with Crippen LogP contribution in [0.5, 0.6) is 0 Å². The summed E-state index contributed by atoms with van der Waals surface area (Å²) in [5.41, 5.74) is 2.02. The van der Waals surface area contributed by atoms with Gasteiger partial charge in [-0.2, -0.15) is 0 Å². The predicted octanol–water partition coefficient (Wildman–Crippen LogP) is 3.36. The molecule has 3 rings (SSSR count). The number of nitrogens with zero attached hydrogens (tertiary/aromatic N) is 2. The van der Waals surface area contributed by atoms with Crippen LogP contribution < -0.4 is 5.32 Å². The van der Waals surface area contributed by atoms with Gasteiger partial charge in [0.25, 0.3) is 0 Å². The quantitative estimate of drug-likeness (QED) is 0.307. The second-order valence-electron chi connectivity index (χ2n) is 9.31. The maximum atomic E-state index is 13.4. The minimum Gasteiger partial charge on any atom is -0.354 e. The first kappa shape index (κ1) is 25.7. The van der Waals surface area contributed by atoms with Gasteiger partial charge in [-0.1, -0.05) is 62.2 Å². The number of fused-ring (bicyclic) bond motifs is 1. The Balaban J connectivity index is 1.73. The maximum Gasteiger partial charge on any atom is 0.242 e. The summed E-state index contributed by atoms with van der Waals surface area (Å²) in [6, 6.07) is 7.27. The molecule has 184 valence electrons. The summed E-state index contributed by atoms with van der Waals surface area (Å²) < 4.78 is 0. The zero-order valence-corrected chi connectivity index (χ0v) is 20.6. The Morgan fingerprint density at radius 2 is 1.79 bits per heavy atom. The number of aryl methyl sites for hydroxylation is 1. The van der Waals surface area contributed by atoms with Gasteiger partial charge < -0.3 is 10.2 Å². The van der Waals surface area contributed by atoms with Gasteiger partial charge in [-0.25, -0.2) is 0 Å². The number of rotatable bonds is 11. The van der Waals surface area contributed by atoms with E-state index in [4.69, 9.17) is 0 Å². The van der Waals surface area contributed by atoms with Crippen molar-refractivity contribution in [1.82, 2.24) is 15.1 Å². The second-order valence-corrected chi connectivity index (χ2v) is 9.31. The molecule has 1 N–H and O–H groups in total. The van der Waals surface area contributed by atoms with Crippen molar-refractivity contribution >= 4 is 23.6 Å². The molecular formula is C27H37N3O4. The van der Waals surface area contributed by atoms with E-state index in [0.29, 0.717) is 32.4 Å². The fourth-order valence-electron chi connectivity index (χ4n) is 4.87. The molecule has 4 amide bonds. The van der Waals surface area contributed by atoms with Crippen molar-refractivity contribution in [3.8, 4) is 0 Å². The van der Waals surface area contributed by atoms with Crippen LogP contribution >= 0.6 is 0 Å². The Hall–Kier alpha value is -2.96. The van der Waals surface area contributed by atoms with Gasteiger partial charge in [0.15, 0.2) is 0 Å². The standard InChI is InChI=1S/C27H37N3O4/c1-4-6-15-28-25(32)23(5-2)30(18-20-11-9-10-19(3)17-20)24(31)14-16-29-26(33)21-12-7-8-13-22(21)27(29)34/h7-11,17,21-23H,4-6,12-16,18H2,1-3H3,(H,28,32)/t21-,22+,23-/m0/s1. The van der Waals surface area contributed by atoms with Crippen LogP contribution in [-0.4, -0.2) is 52.6 Å². The van der Waals surface area contributed by atoms with E-state index in [1.54, 1.807) is 4.90 Å². The second kappa shape index (κ2) is 12.0. The van der Waals surface area contributed by atoms with Crippen LogP contribution in [-0.2, 0) is 25.7 Å². The third kappa shape index (κ3) is 5.93. The summed E-state index contributed by atoms with van der Waals surface area (Å²) in [6.45, 7) is 6.88. The van der Waals surface area contributed by atoms with Crippen LogP contribution in [0.15, 0.2) is 36.4 Å². The van der Waals surface area contributed by atoms with Crippen molar-refractivity contribution in [2.75, 3.05) is 13.1 Å². The van der Waals surface area contributed by atoms with E-state index in [0.717, 1.165) is 24.0 Å². The molecule has 1 heterocycles. The molecule has 34 heavy (non-hydrogen) atoms. The summed E-state index contributed by atoms with van der Waals surface area (Å²) in [7, 11) is 0. The zero-order chi connectivity index (χ0) is 24.7. The lowest BCUT2D eigenvalue weighted by Gasteiger charge is -2.31. The molecule has 3 atom stereocenters. The van der Waals surface area contributed by atoms with E-state index in [1.165, 1.54) is 4.90 Å². The summed E-state index contributed by atoms with van der Waals surface area (Å²) in [6.07, 6.45) is 7.40. The monoisotopic (exact) mass is 467 g/mol. The number of carbonyl (C=O) groups is 4. The third-order valence-corrected chi connectivity index (χ3v) is 6.80. The predicted molar refractivity (Wildman–Crippen MR) is 130 cm³/mol. The van der Waals surface area contributed by atoms with Gasteiger partial charge in [0.1, 0.15) is 6.04 Å².